The lowest BCUT2D eigenvalue weighted by Crippen LogP contribution is -2.40. The van der Waals surface area contributed by atoms with Crippen LogP contribution in [0.5, 0.6) is 0 Å². The first kappa shape index (κ1) is 20.2. The Balaban J connectivity index is 1.67. The SMILES string of the molecule is O=C(CCCCCN1C(=O)CCC1=O)N[C@@H](Cc1ccccc1)C(=O)S. The molecule has 1 atom stereocenters. The Bertz CT molecular complexity index is 647. The summed E-state index contributed by atoms with van der Waals surface area (Å²) in [6.07, 6.45) is 3.39. The van der Waals surface area contributed by atoms with E-state index in [4.69, 9.17) is 0 Å². The van der Waals surface area contributed by atoms with Crippen molar-refractivity contribution in [3.63, 3.8) is 0 Å². The van der Waals surface area contributed by atoms with Gasteiger partial charge in [0.2, 0.25) is 22.8 Å². The monoisotopic (exact) mass is 376 g/mol. The average Bonchev–Trinajstić information content (AvgIpc) is 2.93. The smallest absolute Gasteiger partial charge is 0.229 e. The fourth-order valence-electron chi connectivity index (χ4n) is 2.92. The normalized spacial score (nSPS) is 15.2. The van der Waals surface area contributed by atoms with Crippen molar-refractivity contribution in [2.45, 2.75) is 51.0 Å². The van der Waals surface area contributed by atoms with Gasteiger partial charge in [0.1, 0.15) is 6.04 Å². The molecule has 1 saturated heterocycles. The van der Waals surface area contributed by atoms with Gasteiger partial charge in [0.05, 0.1) is 0 Å². The van der Waals surface area contributed by atoms with Crippen LogP contribution < -0.4 is 5.32 Å². The molecule has 6 nitrogen and oxygen atoms in total. The second kappa shape index (κ2) is 10.1. The highest BCUT2D eigenvalue weighted by atomic mass is 32.1. The summed E-state index contributed by atoms with van der Waals surface area (Å²) in [6.45, 7) is 0.422. The van der Waals surface area contributed by atoms with Crippen LogP contribution in [0.1, 0.15) is 44.1 Å². The highest BCUT2D eigenvalue weighted by molar-refractivity contribution is 7.96. The van der Waals surface area contributed by atoms with Gasteiger partial charge >= 0.3 is 0 Å². The molecule has 3 amide bonds. The Hall–Kier alpha value is -2.15. The molecular formula is C19H24N2O4S. The predicted octanol–water partition coefficient (Wildman–Crippen LogP) is 1.88. The quantitative estimate of drug-likeness (QED) is 0.371. The lowest BCUT2D eigenvalue weighted by atomic mass is 10.1. The van der Waals surface area contributed by atoms with Gasteiger partial charge in [-0.1, -0.05) is 36.8 Å². The molecule has 1 aromatic rings. The first-order valence-corrected chi connectivity index (χ1v) is 9.31. The zero-order valence-corrected chi connectivity index (χ0v) is 15.5. The minimum Gasteiger partial charge on any atom is -0.345 e. The molecule has 0 radical (unpaired) electrons. The van der Waals surface area contributed by atoms with Crippen molar-refractivity contribution in [1.82, 2.24) is 10.2 Å². The van der Waals surface area contributed by atoms with Gasteiger partial charge in [-0.05, 0) is 18.4 Å². The largest absolute Gasteiger partial charge is 0.345 e. The van der Waals surface area contributed by atoms with Crippen LogP contribution >= 0.6 is 12.6 Å². The number of nitrogens with zero attached hydrogens (tertiary/aromatic N) is 1. The maximum Gasteiger partial charge on any atom is 0.229 e. The molecule has 0 saturated carbocycles. The van der Waals surface area contributed by atoms with Crippen molar-refractivity contribution >= 4 is 35.5 Å². The zero-order valence-electron chi connectivity index (χ0n) is 14.6. The molecule has 1 aliphatic rings. The first-order chi connectivity index (χ1) is 12.5. The molecule has 26 heavy (non-hydrogen) atoms. The van der Waals surface area contributed by atoms with Crippen LogP contribution in [0.4, 0.5) is 0 Å². The van der Waals surface area contributed by atoms with E-state index >= 15 is 0 Å². The molecule has 7 heteroatoms. The lowest BCUT2D eigenvalue weighted by molar-refractivity contribution is -0.138. The summed E-state index contributed by atoms with van der Waals surface area (Å²) in [7, 11) is 0. The maximum atomic E-state index is 12.1. The lowest BCUT2D eigenvalue weighted by Gasteiger charge is -2.16. The number of thiol groups is 1. The Morgan fingerprint density at radius 2 is 1.69 bits per heavy atom. The summed E-state index contributed by atoms with van der Waals surface area (Å²) in [5, 5.41) is 2.36. The van der Waals surface area contributed by atoms with Gasteiger partial charge in [0, 0.05) is 32.2 Å². The molecule has 0 bridgehead atoms. The van der Waals surface area contributed by atoms with Crippen LogP contribution in [0.2, 0.25) is 0 Å². The molecule has 0 aliphatic carbocycles. The van der Waals surface area contributed by atoms with Crippen molar-refractivity contribution in [2.75, 3.05) is 6.54 Å². The van der Waals surface area contributed by atoms with Crippen molar-refractivity contribution in [2.24, 2.45) is 0 Å². The highest BCUT2D eigenvalue weighted by Gasteiger charge is 2.27. The third kappa shape index (κ3) is 6.29. The molecule has 140 valence electrons. The second-order valence-corrected chi connectivity index (χ2v) is 6.84. The van der Waals surface area contributed by atoms with E-state index in [-0.39, 0.29) is 22.8 Å². The van der Waals surface area contributed by atoms with Crippen LogP contribution in [-0.4, -0.2) is 40.3 Å². The molecular weight excluding hydrogens is 352 g/mol. The number of imide groups is 1. The fourth-order valence-corrected chi connectivity index (χ4v) is 3.08. The van der Waals surface area contributed by atoms with E-state index in [0.29, 0.717) is 45.1 Å². The average molecular weight is 376 g/mol. The van der Waals surface area contributed by atoms with Gasteiger partial charge in [-0.3, -0.25) is 24.1 Å². The molecule has 1 fully saturated rings. The number of nitrogens with one attached hydrogen (secondary N) is 1. The molecule has 0 aromatic heterocycles. The number of amides is 3. The Labute approximate surface area is 158 Å². The van der Waals surface area contributed by atoms with E-state index in [2.05, 4.69) is 17.9 Å². The van der Waals surface area contributed by atoms with Gasteiger partial charge in [-0.15, -0.1) is 12.6 Å². The van der Waals surface area contributed by atoms with Crippen molar-refractivity contribution in [1.29, 1.82) is 0 Å². The van der Waals surface area contributed by atoms with E-state index in [1.807, 2.05) is 30.3 Å². The molecule has 1 heterocycles. The number of carbonyl (C=O) groups is 4. The Morgan fingerprint density at radius 3 is 2.31 bits per heavy atom. The Morgan fingerprint density at radius 1 is 1.04 bits per heavy atom. The van der Waals surface area contributed by atoms with Crippen molar-refractivity contribution in [3.8, 4) is 0 Å². The summed E-state index contributed by atoms with van der Waals surface area (Å²) in [5.41, 5.74) is 0.958. The minimum absolute atomic E-state index is 0.108. The van der Waals surface area contributed by atoms with Gasteiger partial charge in [0.15, 0.2) is 0 Å². The summed E-state index contributed by atoms with van der Waals surface area (Å²) in [6, 6.07) is 8.81. The fraction of sp³-hybridized carbons (Fsp3) is 0.474. The maximum absolute atomic E-state index is 12.1. The van der Waals surface area contributed by atoms with Gasteiger partial charge in [0.25, 0.3) is 0 Å². The molecule has 0 spiro atoms. The van der Waals surface area contributed by atoms with E-state index in [1.165, 1.54) is 4.90 Å². The summed E-state index contributed by atoms with van der Waals surface area (Å²) >= 11 is 3.87. The standard InChI is InChI=1S/C19H24N2O4S/c22-16(9-5-2-6-12-21-17(23)10-11-18(21)24)20-15(19(25)26)13-14-7-3-1-4-8-14/h1,3-4,7-8,15H,2,5-6,9-13H2,(H,20,22)(H,25,26)/t15-/m0/s1. The van der Waals surface area contributed by atoms with Crippen LogP contribution in [0.25, 0.3) is 0 Å². The van der Waals surface area contributed by atoms with Gasteiger partial charge in [-0.25, -0.2) is 0 Å². The predicted molar refractivity (Wildman–Crippen MR) is 100 cm³/mol. The van der Waals surface area contributed by atoms with Gasteiger partial charge in [-0.2, -0.15) is 0 Å². The summed E-state index contributed by atoms with van der Waals surface area (Å²) < 4.78 is 0. The minimum atomic E-state index is -0.645. The third-order valence-corrected chi connectivity index (χ3v) is 4.67. The number of unbranched alkanes of at least 4 members (excludes halogenated alkanes) is 2. The number of hydrogen-bond donors (Lipinski definition) is 2. The molecule has 1 aromatic carbocycles. The summed E-state index contributed by atoms with van der Waals surface area (Å²) in [4.78, 5) is 48.0. The van der Waals surface area contributed by atoms with E-state index in [0.717, 1.165) is 12.0 Å². The Kier molecular flexibility index (Phi) is 7.84. The number of carbonyl (C=O) groups excluding carboxylic acids is 4. The molecule has 0 unspecified atom stereocenters. The third-order valence-electron chi connectivity index (χ3n) is 4.36. The number of hydrogen-bond acceptors (Lipinski definition) is 4. The second-order valence-electron chi connectivity index (χ2n) is 6.40. The molecule has 1 N–H and O–H groups in total. The number of benzene rings is 1. The van der Waals surface area contributed by atoms with Crippen LogP contribution in [0.3, 0.4) is 0 Å². The molecule has 1 aliphatic heterocycles. The van der Waals surface area contributed by atoms with Gasteiger partial charge < -0.3 is 5.32 Å². The van der Waals surface area contributed by atoms with E-state index in [9.17, 15) is 19.2 Å². The number of rotatable bonds is 10. The van der Waals surface area contributed by atoms with Crippen LogP contribution in [0, 0.1) is 0 Å². The number of likely N-dealkylation sites (tertiary alicyclic amines) is 1. The van der Waals surface area contributed by atoms with Crippen molar-refractivity contribution < 1.29 is 19.2 Å². The van der Waals surface area contributed by atoms with E-state index in [1.54, 1.807) is 0 Å². The van der Waals surface area contributed by atoms with Crippen LogP contribution in [0.15, 0.2) is 30.3 Å². The van der Waals surface area contributed by atoms with E-state index < -0.39 is 6.04 Å². The molecule has 2 rings (SSSR count). The van der Waals surface area contributed by atoms with Crippen LogP contribution in [-0.2, 0) is 25.6 Å². The topological polar surface area (TPSA) is 83.6 Å². The summed E-state index contributed by atoms with van der Waals surface area (Å²) in [5.74, 6) is -0.408. The highest BCUT2D eigenvalue weighted by Crippen LogP contribution is 2.13. The first-order valence-electron chi connectivity index (χ1n) is 8.86. The van der Waals surface area contributed by atoms with Crippen molar-refractivity contribution in [3.05, 3.63) is 35.9 Å². The zero-order chi connectivity index (χ0) is 18.9.